The highest BCUT2D eigenvalue weighted by atomic mass is 16.5. The fourth-order valence-corrected chi connectivity index (χ4v) is 1.66. The van der Waals surface area contributed by atoms with Gasteiger partial charge in [0.2, 0.25) is 0 Å². The van der Waals surface area contributed by atoms with Gasteiger partial charge in [0.1, 0.15) is 0 Å². The predicted molar refractivity (Wildman–Crippen MR) is 70.2 cm³/mol. The van der Waals surface area contributed by atoms with Crippen molar-refractivity contribution in [1.29, 1.82) is 0 Å². The van der Waals surface area contributed by atoms with Crippen molar-refractivity contribution in [3.63, 3.8) is 0 Å². The minimum absolute atomic E-state index is 0.333. The monoisotopic (exact) mass is 251 g/mol. The SMILES string of the molecule is COC(=O)C(C)(NCCN(C)C)c1ccccn1. The first-order valence-corrected chi connectivity index (χ1v) is 5.90. The van der Waals surface area contributed by atoms with Crippen LogP contribution in [0.2, 0.25) is 0 Å². The van der Waals surface area contributed by atoms with Crippen LogP contribution in [0.15, 0.2) is 24.4 Å². The van der Waals surface area contributed by atoms with Gasteiger partial charge >= 0.3 is 5.97 Å². The zero-order valence-corrected chi connectivity index (χ0v) is 11.4. The van der Waals surface area contributed by atoms with E-state index in [1.54, 1.807) is 13.1 Å². The summed E-state index contributed by atoms with van der Waals surface area (Å²) in [6.45, 7) is 3.30. The van der Waals surface area contributed by atoms with Crippen LogP contribution in [0.5, 0.6) is 0 Å². The molecule has 1 aromatic rings. The second kappa shape index (κ2) is 6.47. The highest BCUT2D eigenvalue weighted by Crippen LogP contribution is 2.19. The summed E-state index contributed by atoms with van der Waals surface area (Å²) in [6.07, 6.45) is 1.67. The number of ether oxygens (including phenoxy) is 1. The lowest BCUT2D eigenvalue weighted by atomic mass is 9.97. The van der Waals surface area contributed by atoms with E-state index in [0.717, 1.165) is 6.54 Å². The molecule has 1 unspecified atom stereocenters. The largest absolute Gasteiger partial charge is 0.467 e. The minimum Gasteiger partial charge on any atom is -0.467 e. The van der Waals surface area contributed by atoms with Gasteiger partial charge in [-0.25, -0.2) is 4.79 Å². The van der Waals surface area contributed by atoms with Gasteiger partial charge in [0.15, 0.2) is 5.54 Å². The van der Waals surface area contributed by atoms with E-state index in [9.17, 15) is 4.79 Å². The van der Waals surface area contributed by atoms with Crippen molar-refractivity contribution in [3.05, 3.63) is 30.1 Å². The number of hydrogen-bond donors (Lipinski definition) is 1. The molecule has 0 aliphatic carbocycles. The van der Waals surface area contributed by atoms with Crippen molar-refractivity contribution < 1.29 is 9.53 Å². The molecule has 0 aromatic carbocycles. The number of nitrogens with zero attached hydrogens (tertiary/aromatic N) is 2. The Labute approximate surface area is 108 Å². The first-order valence-electron chi connectivity index (χ1n) is 5.90. The van der Waals surface area contributed by atoms with Crippen molar-refractivity contribution in [3.8, 4) is 0 Å². The second-order valence-electron chi connectivity index (χ2n) is 4.56. The maximum Gasteiger partial charge on any atom is 0.332 e. The van der Waals surface area contributed by atoms with Gasteiger partial charge in [-0.1, -0.05) is 6.07 Å². The normalized spacial score (nSPS) is 14.3. The number of rotatable bonds is 6. The van der Waals surface area contributed by atoms with Gasteiger partial charge in [0.05, 0.1) is 12.8 Å². The summed E-state index contributed by atoms with van der Waals surface area (Å²) in [5.74, 6) is -0.333. The van der Waals surface area contributed by atoms with Gasteiger partial charge in [-0.05, 0) is 33.2 Å². The summed E-state index contributed by atoms with van der Waals surface area (Å²) < 4.78 is 4.87. The van der Waals surface area contributed by atoms with Crippen LogP contribution in [-0.4, -0.2) is 50.1 Å². The van der Waals surface area contributed by atoms with E-state index >= 15 is 0 Å². The molecule has 1 aromatic heterocycles. The molecular weight excluding hydrogens is 230 g/mol. The lowest BCUT2D eigenvalue weighted by molar-refractivity contribution is -0.148. The van der Waals surface area contributed by atoms with Gasteiger partial charge in [0, 0.05) is 19.3 Å². The van der Waals surface area contributed by atoms with Gasteiger partial charge in [-0.3, -0.25) is 10.3 Å². The number of nitrogens with one attached hydrogen (secondary N) is 1. The van der Waals surface area contributed by atoms with Gasteiger partial charge in [-0.2, -0.15) is 0 Å². The molecule has 0 radical (unpaired) electrons. The average Bonchev–Trinajstić information content (AvgIpc) is 2.38. The maximum atomic E-state index is 12.0. The summed E-state index contributed by atoms with van der Waals surface area (Å²) in [7, 11) is 5.35. The predicted octanol–water partition coefficient (Wildman–Crippen LogP) is 0.621. The van der Waals surface area contributed by atoms with Gasteiger partial charge < -0.3 is 9.64 Å². The lowest BCUT2D eigenvalue weighted by Crippen LogP contribution is -2.49. The minimum atomic E-state index is -0.911. The van der Waals surface area contributed by atoms with Crippen LogP contribution < -0.4 is 5.32 Å². The Bertz CT molecular complexity index is 381. The highest BCUT2D eigenvalue weighted by molar-refractivity contribution is 5.81. The van der Waals surface area contributed by atoms with E-state index in [4.69, 9.17) is 4.74 Å². The van der Waals surface area contributed by atoms with E-state index in [-0.39, 0.29) is 5.97 Å². The molecule has 0 fully saturated rings. The van der Waals surface area contributed by atoms with Crippen molar-refractivity contribution in [2.45, 2.75) is 12.5 Å². The Morgan fingerprint density at radius 1 is 1.50 bits per heavy atom. The Hall–Kier alpha value is -1.46. The molecule has 5 nitrogen and oxygen atoms in total. The summed E-state index contributed by atoms with van der Waals surface area (Å²) in [5.41, 5.74) is -0.248. The maximum absolute atomic E-state index is 12.0. The molecule has 0 saturated carbocycles. The Morgan fingerprint density at radius 2 is 2.22 bits per heavy atom. The molecule has 0 bridgehead atoms. The second-order valence-corrected chi connectivity index (χ2v) is 4.56. The number of pyridine rings is 1. The average molecular weight is 251 g/mol. The van der Waals surface area contributed by atoms with Crippen LogP contribution in [-0.2, 0) is 15.1 Å². The van der Waals surface area contributed by atoms with Crippen molar-refractivity contribution >= 4 is 5.97 Å². The summed E-state index contributed by atoms with van der Waals surface area (Å²) >= 11 is 0. The summed E-state index contributed by atoms with van der Waals surface area (Å²) in [6, 6.07) is 5.50. The highest BCUT2D eigenvalue weighted by Gasteiger charge is 2.37. The Morgan fingerprint density at radius 3 is 2.72 bits per heavy atom. The zero-order chi connectivity index (χ0) is 13.6. The molecule has 1 heterocycles. The van der Waals surface area contributed by atoms with Crippen LogP contribution in [0.25, 0.3) is 0 Å². The van der Waals surface area contributed by atoms with Crippen molar-refractivity contribution in [1.82, 2.24) is 15.2 Å². The summed E-state index contributed by atoms with van der Waals surface area (Å²) in [5, 5.41) is 3.22. The van der Waals surface area contributed by atoms with Crippen molar-refractivity contribution in [2.24, 2.45) is 0 Å². The molecule has 0 aliphatic rings. The van der Waals surface area contributed by atoms with E-state index in [0.29, 0.717) is 12.2 Å². The molecule has 1 rings (SSSR count). The Balaban J connectivity index is 2.86. The number of methoxy groups -OCH3 is 1. The van der Waals surface area contributed by atoms with Crippen LogP contribution in [0.1, 0.15) is 12.6 Å². The van der Waals surface area contributed by atoms with Crippen LogP contribution in [0.3, 0.4) is 0 Å². The molecule has 0 saturated heterocycles. The summed E-state index contributed by atoms with van der Waals surface area (Å²) in [4.78, 5) is 18.3. The molecule has 18 heavy (non-hydrogen) atoms. The molecule has 5 heteroatoms. The molecule has 100 valence electrons. The quantitative estimate of drug-likeness (QED) is 0.751. The first-order chi connectivity index (χ1) is 8.50. The molecule has 0 spiro atoms. The first kappa shape index (κ1) is 14.6. The fourth-order valence-electron chi connectivity index (χ4n) is 1.66. The smallest absolute Gasteiger partial charge is 0.332 e. The number of carbonyl (C=O) groups is 1. The number of hydrogen-bond acceptors (Lipinski definition) is 5. The molecular formula is C13H21N3O2. The topological polar surface area (TPSA) is 54.5 Å². The number of carbonyl (C=O) groups excluding carboxylic acids is 1. The third kappa shape index (κ3) is 3.51. The van der Waals surface area contributed by atoms with Crippen LogP contribution >= 0.6 is 0 Å². The Kier molecular flexibility index (Phi) is 5.25. The lowest BCUT2D eigenvalue weighted by Gasteiger charge is -2.28. The number of likely N-dealkylation sites (N-methyl/N-ethyl adjacent to an activating group) is 1. The molecule has 1 atom stereocenters. The van der Waals surface area contributed by atoms with E-state index < -0.39 is 5.54 Å². The van der Waals surface area contributed by atoms with Crippen LogP contribution in [0, 0.1) is 0 Å². The van der Waals surface area contributed by atoms with E-state index in [1.165, 1.54) is 7.11 Å². The van der Waals surface area contributed by atoms with Gasteiger partial charge in [-0.15, -0.1) is 0 Å². The van der Waals surface area contributed by atoms with Gasteiger partial charge in [0.25, 0.3) is 0 Å². The molecule has 0 aliphatic heterocycles. The standard InChI is InChI=1S/C13H21N3O2/c1-13(12(17)18-4,15-9-10-16(2)3)11-7-5-6-8-14-11/h5-8,15H,9-10H2,1-4H3. The van der Waals surface area contributed by atoms with Crippen molar-refractivity contribution in [2.75, 3.05) is 34.3 Å². The van der Waals surface area contributed by atoms with E-state index in [1.807, 2.05) is 37.2 Å². The van der Waals surface area contributed by atoms with E-state index in [2.05, 4.69) is 10.3 Å². The number of esters is 1. The van der Waals surface area contributed by atoms with Crippen LogP contribution in [0.4, 0.5) is 0 Å². The molecule has 0 amide bonds. The fraction of sp³-hybridized carbons (Fsp3) is 0.538. The third-order valence-electron chi connectivity index (χ3n) is 2.81. The number of aromatic nitrogens is 1. The zero-order valence-electron chi connectivity index (χ0n) is 11.4. The molecule has 1 N–H and O–H groups in total. The third-order valence-corrected chi connectivity index (χ3v) is 2.81.